The molecule has 0 fully saturated rings. The predicted octanol–water partition coefficient (Wildman–Crippen LogP) is 2.46. The predicted molar refractivity (Wildman–Crippen MR) is 67.8 cm³/mol. The first-order chi connectivity index (χ1) is 8.33. The molecule has 4 nitrogen and oxygen atoms in total. The van der Waals surface area contributed by atoms with Crippen molar-refractivity contribution in [3.05, 3.63) is 47.4 Å². The van der Waals surface area contributed by atoms with E-state index in [4.69, 9.17) is 0 Å². The van der Waals surface area contributed by atoms with Gasteiger partial charge in [-0.05, 0) is 24.6 Å². The van der Waals surface area contributed by atoms with Gasteiger partial charge in [0.25, 0.3) is 0 Å². The molecule has 1 aromatic heterocycles. The summed E-state index contributed by atoms with van der Waals surface area (Å²) in [7, 11) is 0. The van der Waals surface area contributed by atoms with Crippen LogP contribution in [0.1, 0.15) is 17.0 Å². The second-order valence-corrected chi connectivity index (χ2v) is 3.96. The molecule has 0 radical (unpaired) electrons. The summed E-state index contributed by atoms with van der Waals surface area (Å²) in [5, 5.41) is 3.30. The Bertz CT molecular complexity index is 590. The van der Waals surface area contributed by atoms with E-state index in [2.05, 4.69) is 26.3 Å². The Morgan fingerprint density at radius 2 is 2.18 bits per heavy atom. The fourth-order valence-corrected chi connectivity index (χ4v) is 1.91. The molecule has 0 spiro atoms. The van der Waals surface area contributed by atoms with Crippen LogP contribution in [0.4, 0.5) is 11.5 Å². The van der Waals surface area contributed by atoms with Crippen molar-refractivity contribution in [1.29, 1.82) is 0 Å². The van der Waals surface area contributed by atoms with Crippen LogP contribution in [0.3, 0.4) is 0 Å². The van der Waals surface area contributed by atoms with Gasteiger partial charge in [-0.3, -0.25) is 4.99 Å². The summed E-state index contributed by atoms with van der Waals surface area (Å²) in [6, 6.07) is 8.02. The Balaban J connectivity index is 1.96. The minimum absolute atomic E-state index is 0.760. The maximum absolute atomic E-state index is 4.33. The van der Waals surface area contributed by atoms with E-state index >= 15 is 0 Å². The number of hydrogen-bond donors (Lipinski definition) is 1. The standard InChI is InChI=1S/C13H12N4/c1-9-15-6-5-13(16-9)17-12-4-2-3-10-7-14-8-11(10)12/h2-6,8H,7H2,1H3,(H,15,16,17). The van der Waals surface area contributed by atoms with Gasteiger partial charge in [0.1, 0.15) is 11.6 Å². The van der Waals surface area contributed by atoms with Gasteiger partial charge in [0, 0.05) is 23.7 Å². The summed E-state index contributed by atoms with van der Waals surface area (Å²) in [6.45, 7) is 2.65. The number of aliphatic imine (C=N–C) groups is 1. The lowest BCUT2D eigenvalue weighted by Crippen LogP contribution is -1.99. The molecule has 1 aromatic carbocycles. The molecular formula is C13H12N4. The van der Waals surface area contributed by atoms with E-state index in [-0.39, 0.29) is 0 Å². The molecular weight excluding hydrogens is 212 g/mol. The molecule has 4 heteroatoms. The molecule has 0 aliphatic carbocycles. The third kappa shape index (κ3) is 1.89. The molecule has 1 aliphatic heterocycles. The number of anilines is 2. The number of aryl methyl sites for hydroxylation is 1. The average molecular weight is 224 g/mol. The van der Waals surface area contributed by atoms with Crippen molar-refractivity contribution in [2.75, 3.05) is 5.32 Å². The monoisotopic (exact) mass is 224 g/mol. The van der Waals surface area contributed by atoms with Crippen LogP contribution in [0, 0.1) is 6.92 Å². The summed E-state index contributed by atoms with van der Waals surface area (Å²) in [5.74, 6) is 1.57. The number of rotatable bonds is 2. The van der Waals surface area contributed by atoms with E-state index in [9.17, 15) is 0 Å². The Hall–Kier alpha value is -2.23. The highest BCUT2D eigenvalue weighted by Gasteiger charge is 2.10. The number of nitrogens with one attached hydrogen (secondary N) is 1. The maximum atomic E-state index is 4.33. The van der Waals surface area contributed by atoms with Crippen molar-refractivity contribution < 1.29 is 0 Å². The van der Waals surface area contributed by atoms with E-state index in [0.717, 1.165) is 29.4 Å². The van der Waals surface area contributed by atoms with E-state index in [0.29, 0.717) is 0 Å². The van der Waals surface area contributed by atoms with Gasteiger partial charge in [0.05, 0.1) is 6.54 Å². The number of benzene rings is 1. The molecule has 3 rings (SSSR count). The zero-order valence-corrected chi connectivity index (χ0v) is 9.51. The highest BCUT2D eigenvalue weighted by molar-refractivity contribution is 5.92. The van der Waals surface area contributed by atoms with Crippen LogP contribution in [-0.2, 0) is 6.54 Å². The topological polar surface area (TPSA) is 50.2 Å². The number of nitrogens with zero attached hydrogens (tertiary/aromatic N) is 3. The largest absolute Gasteiger partial charge is 0.340 e. The van der Waals surface area contributed by atoms with Crippen LogP contribution in [0.25, 0.3) is 0 Å². The number of fused-ring (bicyclic) bond motifs is 1. The summed E-state index contributed by atoms with van der Waals surface area (Å²) in [6.07, 6.45) is 3.66. The van der Waals surface area contributed by atoms with Crippen LogP contribution in [0.5, 0.6) is 0 Å². The Labute approximate surface area is 99.5 Å². The average Bonchev–Trinajstić information content (AvgIpc) is 2.78. The van der Waals surface area contributed by atoms with Crippen molar-refractivity contribution in [3.8, 4) is 0 Å². The Morgan fingerprint density at radius 1 is 1.24 bits per heavy atom. The van der Waals surface area contributed by atoms with E-state index in [1.54, 1.807) is 6.20 Å². The molecule has 0 saturated carbocycles. The van der Waals surface area contributed by atoms with Gasteiger partial charge in [0.15, 0.2) is 0 Å². The third-order valence-electron chi connectivity index (χ3n) is 2.72. The molecule has 2 heterocycles. The lowest BCUT2D eigenvalue weighted by molar-refractivity contribution is 1.06. The van der Waals surface area contributed by atoms with E-state index in [1.165, 1.54) is 5.56 Å². The van der Waals surface area contributed by atoms with Crippen molar-refractivity contribution in [2.45, 2.75) is 13.5 Å². The van der Waals surface area contributed by atoms with Crippen LogP contribution in [0.15, 0.2) is 35.5 Å². The fourth-order valence-electron chi connectivity index (χ4n) is 1.91. The highest BCUT2D eigenvalue weighted by atomic mass is 15.0. The zero-order valence-electron chi connectivity index (χ0n) is 9.51. The minimum Gasteiger partial charge on any atom is -0.340 e. The first-order valence-corrected chi connectivity index (χ1v) is 5.51. The van der Waals surface area contributed by atoms with Gasteiger partial charge < -0.3 is 5.32 Å². The smallest absolute Gasteiger partial charge is 0.134 e. The van der Waals surface area contributed by atoms with Crippen molar-refractivity contribution in [2.24, 2.45) is 4.99 Å². The lowest BCUT2D eigenvalue weighted by Gasteiger charge is -2.09. The van der Waals surface area contributed by atoms with Crippen LogP contribution >= 0.6 is 0 Å². The van der Waals surface area contributed by atoms with Crippen LogP contribution < -0.4 is 5.32 Å². The van der Waals surface area contributed by atoms with Crippen molar-refractivity contribution in [3.63, 3.8) is 0 Å². The van der Waals surface area contributed by atoms with Gasteiger partial charge in [-0.15, -0.1) is 0 Å². The van der Waals surface area contributed by atoms with E-state index in [1.807, 2.05) is 31.3 Å². The molecule has 84 valence electrons. The molecule has 0 bridgehead atoms. The molecule has 2 aromatic rings. The molecule has 0 amide bonds. The normalized spacial score (nSPS) is 12.5. The second kappa shape index (κ2) is 3.97. The molecule has 0 saturated heterocycles. The second-order valence-electron chi connectivity index (χ2n) is 3.96. The van der Waals surface area contributed by atoms with Gasteiger partial charge in [-0.25, -0.2) is 9.97 Å². The molecule has 1 N–H and O–H groups in total. The molecule has 0 unspecified atom stereocenters. The summed E-state index contributed by atoms with van der Waals surface area (Å²) >= 11 is 0. The molecule has 0 atom stereocenters. The maximum Gasteiger partial charge on any atom is 0.134 e. The minimum atomic E-state index is 0.760. The first kappa shape index (κ1) is 9.96. The van der Waals surface area contributed by atoms with Gasteiger partial charge in [0.2, 0.25) is 0 Å². The van der Waals surface area contributed by atoms with E-state index < -0.39 is 0 Å². The van der Waals surface area contributed by atoms with Crippen LogP contribution in [-0.4, -0.2) is 16.2 Å². The summed E-state index contributed by atoms with van der Waals surface area (Å²) in [5.41, 5.74) is 3.45. The highest BCUT2D eigenvalue weighted by Crippen LogP contribution is 2.25. The first-order valence-electron chi connectivity index (χ1n) is 5.51. The number of hydrogen-bond acceptors (Lipinski definition) is 4. The Kier molecular flexibility index (Phi) is 2.33. The van der Waals surface area contributed by atoms with Gasteiger partial charge >= 0.3 is 0 Å². The summed E-state index contributed by atoms with van der Waals surface area (Å²) in [4.78, 5) is 12.7. The molecule has 1 aliphatic rings. The Morgan fingerprint density at radius 3 is 3.06 bits per heavy atom. The SMILES string of the molecule is Cc1nccc(Nc2cccc3c2C=NC3)n1. The van der Waals surface area contributed by atoms with Crippen molar-refractivity contribution in [1.82, 2.24) is 9.97 Å². The zero-order chi connectivity index (χ0) is 11.7. The summed E-state index contributed by atoms with van der Waals surface area (Å²) < 4.78 is 0. The molecule has 17 heavy (non-hydrogen) atoms. The third-order valence-corrected chi connectivity index (χ3v) is 2.72. The quantitative estimate of drug-likeness (QED) is 0.852. The van der Waals surface area contributed by atoms with Gasteiger partial charge in [-0.2, -0.15) is 0 Å². The fraction of sp³-hybridized carbons (Fsp3) is 0.154. The lowest BCUT2D eigenvalue weighted by atomic mass is 10.1. The number of aromatic nitrogens is 2. The van der Waals surface area contributed by atoms with Crippen molar-refractivity contribution >= 4 is 17.7 Å². The van der Waals surface area contributed by atoms with Gasteiger partial charge in [-0.1, -0.05) is 12.1 Å². The van der Waals surface area contributed by atoms with Crippen LogP contribution in [0.2, 0.25) is 0 Å².